The van der Waals surface area contributed by atoms with E-state index in [-0.39, 0.29) is 22.2 Å². The number of benzene rings is 2. The number of aromatic carboxylic acids is 1. The van der Waals surface area contributed by atoms with E-state index in [1.54, 1.807) is 30.3 Å². The number of aliphatic imine (C=N–C) groups is 1. The van der Waals surface area contributed by atoms with E-state index in [9.17, 15) is 14.7 Å². The maximum absolute atomic E-state index is 12.7. The summed E-state index contributed by atoms with van der Waals surface area (Å²) < 4.78 is 0.671. The van der Waals surface area contributed by atoms with E-state index in [1.165, 1.54) is 17.0 Å². The van der Waals surface area contributed by atoms with Gasteiger partial charge in [-0.05, 0) is 55.1 Å². The Balaban J connectivity index is 1.99. The van der Waals surface area contributed by atoms with Crippen molar-refractivity contribution in [1.82, 2.24) is 4.90 Å². The molecule has 0 saturated carbocycles. The minimum Gasteiger partial charge on any atom is -0.506 e. The summed E-state index contributed by atoms with van der Waals surface area (Å²) >= 11 is 10.4. The smallest absolute Gasteiger partial charge is 0.335 e. The van der Waals surface area contributed by atoms with Gasteiger partial charge in [-0.1, -0.05) is 33.6 Å². The van der Waals surface area contributed by atoms with Gasteiger partial charge in [0.15, 0.2) is 5.17 Å². The predicted octanol–water partition coefficient (Wildman–Crippen LogP) is 5.13. The van der Waals surface area contributed by atoms with Crippen LogP contribution >= 0.6 is 39.3 Å². The summed E-state index contributed by atoms with van der Waals surface area (Å²) in [6.45, 7) is 2.21. The van der Waals surface area contributed by atoms with Crippen molar-refractivity contribution in [1.29, 1.82) is 0 Å². The molecule has 1 aliphatic rings. The summed E-state index contributed by atoms with van der Waals surface area (Å²) in [7, 11) is 0. The highest BCUT2D eigenvalue weighted by atomic mass is 79.9. The van der Waals surface area contributed by atoms with Crippen LogP contribution in [0.3, 0.4) is 0 Å². The molecule has 1 heterocycles. The fraction of sp³-hybridized carbons (Fsp3) is 0.105. The number of phenols is 1. The summed E-state index contributed by atoms with van der Waals surface area (Å²) in [6, 6.07) is 9.39. The Morgan fingerprint density at radius 2 is 2.11 bits per heavy atom. The molecule has 0 radical (unpaired) electrons. The standard InChI is InChI=1S/C19H14BrClN2O4S/c1-2-23-17(25)15(8-11-6-12(20)9-14(21)16(11)24)28-19(23)22-13-5-3-4-10(7-13)18(26)27/h3-9,24H,2H2,1H3,(H,26,27)/b15-8-,22-19?. The number of halogens is 2. The first kappa shape index (κ1) is 20.4. The van der Waals surface area contributed by atoms with Crippen LogP contribution in [0.1, 0.15) is 22.8 Å². The number of amides is 1. The summed E-state index contributed by atoms with van der Waals surface area (Å²) in [5.41, 5.74) is 0.951. The lowest BCUT2D eigenvalue weighted by atomic mass is 10.2. The van der Waals surface area contributed by atoms with Gasteiger partial charge in [0.1, 0.15) is 5.75 Å². The number of hydrogen-bond donors (Lipinski definition) is 2. The van der Waals surface area contributed by atoms with Crippen molar-refractivity contribution in [2.45, 2.75) is 6.92 Å². The molecule has 1 fully saturated rings. The van der Waals surface area contributed by atoms with Gasteiger partial charge in [0.05, 0.1) is 21.2 Å². The number of carbonyl (C=O) groups excluding carboxylic acids is 1. The van der Waals surface area contributed by atoms with Gasteiger partial charge in [-0.3, -0.25) is 9.69 Å². The molecule has 0 spiro atoms. The van der Waals surface area contributed by atoms with Gasteiger partial charge in [-0.15, -0.1) is 0 Å². The van der Waals surface area contributed by atoms with E-state index >= 15 is 0 Å². The first-order valence-corrected chi connectivity index (χ1v) is 10.1. The molecule has 6 nitrogen and oxygen atoms in total. The van der Waals surface area contributed by atoms with Crippen molar-refractivity contribution in [3.05, 3.63) is 61.9 Å². The molecular weight excluding hydrogens is 468 g/mol. The largest absolute Gasteiger partial charge is 0.506 e. The molecule has 2 aromatic rings. The second kappa shape index (κ2) is 8.38. The van der Waals surface area contributed by atoms with Crippen molar-refractivity contribution in [3.8, 4) is 5.75 Å². The van der Waals surface area contributed by atoms with Crippen LogP contribution in [-0.2, 0) is 4.79 Å². The number of carbonyl (C=O) groups is 2. The van der Waals surface area contributed by atoms with Crippen LogP contribution in [0, 0.1) is 0 Å². The number of carboxylic acid groups (broad SMARTS) is 1. The number of likely N-dealkylation sites (N-methyl/N-ethyl adjacent to an activating group) is 1. The molecule has 0 bridgehead atoms. The highest BCUT2D eigenvalue weighted by Crippen LogP contribution is 2.38. The zero-order valence-electron chi connectivity index (χ0n) is 14.5. The molecule has 28 heavy (non-hydrogen) atoms. The molecule has 1 aliphatic heterocycles. The summed E-state index contributed by atoms with van der Waals surface area (Å²) in [5.74, 6) is -1.42. The normalized spacial score (nSPS) is 17.0. The van der Waals surface area contributed by atoms with E-state index in [0.717, 1.165) is 11.8 Å². The second-order valence-electron chi connectivity index (χ2n) is 5.74. The van der Waals surface area contributed by atoms with E-state index < -0.39 is 5.97 Å². The molecule has 144 valence electrons. The Morgan fingerprint density at radius 3 is 2.79 bits per heavy atom. The third kappa shape index (κ3) is 4.24. The molecule has 0 aliphatic carbocycles. The van der Waals surface area contributed by atoms with Crippen LogP contribution in [0.4, 0.5) is 5.69 Å². The molecule has 2 aromatic carbocycles. The number of amidine groups is 1. The van der Waals surface area contributed by atoms with E-state index in [2.05, 4.69) is 20.9 Å². The average Bonchev–Trinajstić information content (AvgIpc) is 2.93. The number of thioether (sulfide) groups is 1. The lowest BCUT2D eigenvalue weighted by Gasteiger charge is -2.12. The van der Waals surface area contributed by atoms with Gasteiger partial charge >= 0.3 is 5.97 Å². The SMILES string of the molecule is CCN1C(=O)/C(=C/c2cc(Br)cc(Cl)c2O)SC1=Nc1cccc(C(=O)O)c1. The maximum atomic E-state index is 12.7. The zero-order chi connectivity index (χ0) is 20.4. The van der Waals surface area contributed by atoms with Crippen LogP contribution < -0.4 is 0 Å². The van der Waals surface area contributed by atoms with E-state index in [1.807, 2.05) is 6.92 Å². The molecule has 2 N–H and O–H groups in total. The fourth-order valence-electron chi connectivity index (χ4n) is 2.53. The van der Waals surface area contributed by atoms with Gasteiger partial charge in [-0.25, -0.2) is 9.79 Å². The number of carboxylic acids is 1. The molecular formula is C19H14BrClN2O4S. The molecule has 3 rings (SSSR count). The Kier molecular flexibility index (Phi) is 6.12. The average molecular weight is 482 g/mol. The first-order chi connectivity index (χ1) is 13.3. The lowest BCUT2D eigenvalue weighted by Crippen LogP contribution is -2.28. The zero-order valence-corrected chi connectivity index (χ0v) is 17.7. The summed E-state index contributed by atoms with van der Waals surface area (Å²) in [6.07, 6.45) is 1.55. The maximum Gasteiger partial charge on any atom is 0.335 e. The fourth-order valence-corrected chi connectivity index (χ4v) is 4.41. The predicted molar refractivity (Wildman–Crippen MR) is 114 cm³/mol. The first-order valence-electron chi connectivity index (χ1n) is 8.11. The summed E-state index contributed by atoms with van der Waals surface area (Å²) in [5, 5.41) is 19.9. The minimum atomic E-state index is -1.05. The number of phenolic OH excluding ortho intramolecular Hbond substituents is 1. The van der Waals surface area contributed by atoms with Crippen molar-refractivity contribution < 1.29 is 19.8 Å². The minimum absolute atomic E-state index is 0.115. The van der Waals surface area contributed by atoms with Crippen molar-refractivity contribution >= 4 is 68.1 Å². The van der Waals surface area contributed by atoms with Gasteiger partial charge in [0.25, 0.3) is 5.91 Å². The third-order valence-corrected chi connectivity index (χ3v) is 5.62. The lowest BCUT2D eigenvalue weighted by molar-refractivity contribution is -0.122. The molecule has 9 heteroatoms. The number of aromatic hydroxyl groups is 1. The van der Waals surface area contributed by atoms with Crippen LogP contribution in [0.2, 0.25) is 5.02 Å². The third-order valence-electron chi connectivity index (χ3n) is 3.87. The van der Waals surface area contributed by atoms with Crippen molar-refractivity contribution in [2.75, 3.05) is 6.54 Å². The Bertz CT molecular complexity index is 1040. The highest BCUT2D eigenvalue weighted by Gasteiger charge is 2.32. The van der Waals surface area contributed by atoms with Crippen molar-refractivity contribution in [2.24, 2.45) is 4.99 Å². The Hall–Kier alpha value is -2.29. The topological polar surface area (TPSA) is 90.2 Å². The van der Waals surface area contributed by atoms with Gasteiger partial charge in [0.2, 0.25) is 0 Å². The quantitative estimate of drug-likeness (QED) is 0.591. The Morgan fingerprint density at radius 1 is 1.36 bits per heavy atom. The highest BCUT2D eigenvalue weighted by molar-refractivity contribution is 9.10. The molecule has 1 saturated heterocycles. The second-order valence-corrected chi connectivity index (χ2v) is 8.07. The number of nitrogens with zero attached hydrogens (tertiary/aromatic N) is 2. The summed E-state index contributed by atoms with van der Waals surface area (Å²) in [4.78, 5) is 30.2. The van der Waals surface area contributed by atoms with E-state index in [4.69, 9.17) is 16.7 Å². The van der Waals surface area contributed by atoms with Crippen molar-refractivity contribution in [3.63, 3.8) is 0 Å². The van der Waals surface area contributed by atoms with Crippen LogP contribution in [-0.4, -0.2) is 38.7 Å². The van der Waals surface area contributed by atoms with Gasteiger partial charge in [0, 0.05) is 16.6 Å². The molecule has 1 amide bonds. The van der Waals surface area contributed by atoms with Crippen LogP contribution in [0.25, 0.3) is 6.08 Å². The van der Waals surface area contributed by atoms with E-state index in [0.29, 0.717) is 32.3 Å². The Labute approximate surface area is 178 Å². The molecule has 0 aromatic heterocycles. The number of hydrogen-bond acceptors (Lipinski definition) is 5. The van der Waals surface area contributed by atoms with Gasteiger partial charge in [-0.2, -0.15) is 0 Å². The number of rotatable bonds is 4. The van der Waals surface area contributed by atoms with Crippen LogP contribution in [0.15, 0.2) is 50.8 Å². The molecule has 0 unspecified atom stereocenters. The molecule has 0 atom stereocenters. The van der Waals surface area contributed by atoms with Gasteiger partial charge < -0.3 is 10.2 Å². The van der Waals surface area contributed by atoms with Crippen LogP contribution in [0.5, 0.6) is 5.75 Å². The monoisotopic (exact) mass is 480 g/mol.